The number of rotatable bonds is 4. The molecule has 0 saturated carbocycles. The predicted molar refractivity (Wildman–Crippen MR) is 80.0 cm³/mol. The van der Waals surface area contributed by atoms with Gasteiger partial charge in [0.15, 0.2) is 0 Å². The van der Waals surface area contributed by atoms with E-state index < -0.39 is 0 Å². The smallest absolute Gasteiger partial charge is 0.150 e. The van der Waals surface area contributed by atoms with Gasteiger partial charge in [0.2, 0.25) is 0 Å². The van der Waals surface area contributed by atoms with Gasteiger partial charge in [-0.1, -0.05) is 31.5 Å². The molecule has 0 bridgehead atoms. The Balaban J connectivity index is 2.46. The fraction of sp³-hybridized carbons (Fsp3) is 0.400. The number of hydrogen-bond donors (Lipinski definition) is 1. The Morgan fingerprint density at radius 3 is 2.65 bits per heavy atom. The highest BCUT2D eigenvalue weighted by Crippen LogP contribution is 2.26. The zero-order valence-corrected chi connectivity index (χ0v) is 12.9. The summed E-state index contributed by atoms with van der Waals surface area (Å²) in [5.41, 5.74) is 3.18. The van der Waals surface area contributed by atoms with Crippen molar-refractivity contribution >= 4 is 11.6 Å². The van der Waals surface area contributed by atoms with Crippen molar-refractivity contribution in [3.63, 3.8) is 0 Å². The summed E-state index contributed by atoms with van der Waals surface area (Å²) in [4.78, 5) is 0. The minimum Gasteiger partial charge on any atom is -0.310 e. The molecule has 3 nitrogen and oxygen atoms in total. The summed E-state index contributed by atoms with van der Waals surface area (Å²) in [6.45, 7) is 8.74. The molecule has 2 rings (SSSR count). The maximum absolute atomic E-state index is 14.0. The third-order valence-corrected chi connectivity index (χ3v) is 3.58. The van der Waals surface area contributed by atoms with Gasteiger partial charge in [-0.25, -0.2) is 9.07 Å². The minimum absolute atomic E-state index is 0.311. The van der Waals surface area contributed by atoms with Crippen LogP contribution in [0.4, 0.5) is 4.39 Å². The normalized spacial score (nSPS) is 11.3. The lowest BCUT2D eigenvalue weighted by Crippen LogP contribution is -2.22. The van der Waals surface area contributed by atoms with Gasteiger partial charge in [-0.2, -0.15) is 5.10 Å². The van der Waals surface area contributed by atoms with Crippen molar-refractivity contribution in [2.45, 2.75) is 40.3 Å². The molecule has 1 N–H and O–H groups in total. The van der Waals surface area contributed by atoms with Gasteiger partial charge in [-0.3, -0.25) is 0 Å². The fourth-order valence-electron chi connectivity index (χ4n) is 2.15. The van der Waals surface area contributed by atoms with Crippen LogP contribution < -0.4 is 5.32 Å². The third kappa shape index (κ3) is 2.86. The Morgan fingerprint density at radius 1 is 1.35 bits per heavy atom. The minimum atomic E-state index is -0.369. The summed E-state index contributed by atoms with van der Waals surface area (Å²) >= 11 is 6.11. The molecule has 108 valence electrons. The van der Waals surface area contributed by atoms with Crippen LogP contribution in [-0.2, 0) is 6.54 Å². The Morgan fingerprint density at radius 2 is 2.05 bits per heavy atom. The third-order valence-electron chi connectivity index (χ3n) is 3.28. The van der Waals surface area contributed by atoms with Crippen LogP contribution in [0, 0.1) is 19.7 Å². The molecule has 1 aromatic heterocycles. The van der Waals surface area contributed by atoms with Crippen LogP contribution in [0.25, 0.3) is 5.69 Å². The lowest BCUT2D eigenvalue weighted by atomic mass is 10.2. The van der Waals surface area contributed by atoms with Crippen LogP contribution in [0.2, 0.25) is 5.02 Å². The predicted octanol–water partition coefficient (Wildman–Crippen LogP) is 3.78. The van der Waals surface area contributed by atoms with Gasteiger partial charge in [0.1, 0.15) is 11.5 Å². The maximum atomic E-state index is 14.0. The van der Waals surface area contributed by atoms with Gasteiger partial charge in [0, 0.05) is 23.8 Å². The largest absolute Gasteiger partial charge is 0.310 e. The van der Waals surface area contributed by atoms with Gasteiger partial charge in [-0.15, -0.1) is 0 Å². The summed E-state index contributed by atoms with van der Waals surface area (Å²) in [5, 5.41) is 8.15. The number of aromatic nitrogens is 2. The zero-order chi connectivity index (χ0) is 14.9. The summed E-state index contributed by atoms with van der Waals surface area (Å²) in [6.07, 6.45) is 0. The standard InChI is InChI=1S/C15H19ClFN3/c1-9(2)18-8-12-10(3)19-20(11(12)4)15-13(16)6-5-7-14(15)17/h5-7,9,18H,8H2,1-4H3. The molecular formula is C15H19ClFN3. The first-order valence-electron chi connectivity index (χ1n) is 6.64. The Labute approximate surface area is 123 Å². The molecule has 20 heavy (non-hydrogen) atoms. The lowest BCUT2D eigenvalue weighted by molar-refractivity contribution is 0.585. The fourth-order valence-corrected chi connectivity index (χ4v) is 2.39. The molecule has 0 spiro atoms. The first kappa shape index (κ1) is 15.0. The molecule has 0 fully saturated rings. The van der Waals surface area contributed by atoms with E-state index in [1.54, 1.807) is 16.8 Å². The molecule has 5 heteroatoms. The van der Waals surface area contributed by atoms with E-state index >= 15 is 0 Å². The average molecular weight is 296 g/mol. The van der Waals surface area contributed by atoms with Crippen molar-refractivity contribution in [3.05, 3.63) is 46.0 Å². The van der Waals surface area contributed by atoms with Crippen LogP contribution in [-0.4, -0.2) is 15.8 Å². The maximum Gasteiger partial charge on any atom is 0.150 e. The van der Waals surface area contributed by atoms with Crippen LogP contribution >= 0.6 is 11.6 Å². The van der Waals surface area contributed by atoms with Crippen LogP contribution in [0.5, 0.6) is 0 Å². The van der Waals surface area contributed by atoms with Gasteiger partial charge in [0.25, 0.3) is 0 Å². The summed E-state index contributed by atoms with van der Waals surface area (Å²) in [6, 6.07) is 5.04. The number of nitrogens with one attached hydrogen (secondary N) is 1. The molecule has 0 aliphatic carbocycles. The van der Waals surface area contributed by atoms with Crippen molar-refractivity contribution in [1.82, 2.24) is 15.1 Å². The first-order valence-corrected chi connectivity index (χ1v) is 7.02. The van der Waals surface area contributed by atoms with Gasteiger partial charge >= 0.3 is 0 Å². The monoisotopic (exact) mass is 295 g/mol. The number of halogens is 2. The molecule has 0 aliphatic rings. The number of nitrogens with zero attached hydrogens (tertiary/aromatic N) is 2. The summed E-state index contributed by atoms with van der Waals surface area (Å²) in [5.74, 6) is -0.369. The molecule has 0 amide bonds. The van der Waals surface area contributed by atoms with E-state index in [2.05, 4.69) is 24.3 Å². The van der Waals surface area contributed by atoms with Crippen molar-refractivity contribution in [2.75, 3.05) is 0 Å². The van der Waals surface area contributed by atoms with E-state index in [0.717, 1.165) is 17.0 Å². The quantitative estimate of drug-likeness (QED) is 0.930. The Hall–Kier alpha value is -1.39. The number of hydrogen-bond acceptors (Lipinski definition) is 2. The SMILES string of the molecule is Cc1nn(-c2c(F)cccc2Cl)c(C)c1CNC(C)C. The Kier molecular flexibility index (Phi) is 4.45. The highest BCUT2D eigenvalue weighted by molar-refractivity contribution is 6.32. The number of benzene rings is 1. The second kappa shape index (κ2) is 5.94. The summed E-state index contributed by atoms with van der Waals surface area (Å²) < 4.78 is 15.6. The molecule has 0 aliphatic heterocycles. The average Bonchev–Trinajstić information content (AvgIpc) is 2.62. The van der Waals surface area contributed by atoms with E-state index in [1.807, 2.05) is 13.8 Å². The van der Waals surface area contributed by atoms with E-state index in [0.29, 0.717) is 23.3 Å². The molecule has 1 aromatic carbocycles. The van der Waals surface area contributed by atoms with Gasteiger partial charge in [-0.05, 0) is 26.0 Å². The van der Waals surface area contributed by atoms with E-state index in [1.165, 1.54) is 6.07 Å². The first-order chi connectivity index (χ1) is 9.41. The van der Waals surface area contributed by atoms with E-state index in [4.69, 9.17) is 11.6 Å². The van der Waals surface area contributed by atoms with Crippen LogP contribution in [0.15, 0.2) is 18.2 Å². The van der Waals surface area contributed by atoms with Crippen molar-refractivity contribution in [2.24, 2.45) is 0 Å². The Bertz CT molecular complexity index is 600. The second-order valence-corrected chi connectivity index (χ2v) is 5.57. The van der Waals surface area contributed by atoms with Gasteiger partial charge < -0.3 is 5.32 Å². The van der Waals surface area contributed by atoms with Crippen molar-refractivity contribution in [3.8, 4) is 5.69 Å². The highest BCUT2D eigenvalue weighted by Gasteiger charge is 2.17. The summed E-state index contributed by atoms with van der Waals surface area (Å²) in [7, 11) is 0. The number of aryl methyl sites for hydroxylation is 1. The molecule has 0 atom stereocenters. The van der Waals surface area contributed by atoms with Crippen LogP contribution in [0.1, 0.15) is 30.8 Å². The van der Waals surface area contributed by atoms with E-state index in [-0.39, 0.29) is 5.82 Å². The molecular weight excluding hydrogens is 277 g/mol. The molecule has 2 aromatic rings. The lowest BCUT2D eigenvalue weighted by Gasteiger charge is -2.10. The van der Waals surface area contributed by atoms with Crippen LogP contribution in [0.3, 0.4) is 0 Å². The van der Waals surface area contributed by atoms with Gasteiger partial charge in [0.05, 0.1) is 10.7 Å². The molecule has 0 radical (unpaired) electrons. The topological polar surface area (TPSA) is 29.9 Å². The molecule has 0 unspecified atom stereocenters. The highest BCUT2D eigenvalue weighted by atomic mass is 35.5. The van der Waals surface area contributed by atoms with Crippen molar-refractivity contribution < 1.29 is 4.39 Å². The molecule has 1 heterocycles. The van der Waals surface area contributed by atoms with E-state index in [9.17, 15) is 4.39 Å². The molecule has 0 saturated heterocycles. The number of para-hydroxylation sites is 1. The zero-order valence-electron chi connectivity index (χ0n) is 12.2. The van der Waals surface area contributed by atoms with Crippen molar-refractivity contribution in [1.29, 1.82) is 0 Å². The second-order valence-electron chi connectivity index (χ2n) is 5.17.